The van der Waals surface area contributed by atoms with Crippen LogP contribution in [-0.4, -0.2) is 28.6 Å². The van der Waals surface area contributed by atoms with Crippen LogP contribution in [0.1, 0.15) is 56.4 Å². The van der Waals surface area contributed by atoms with Gasteiger partial charge >= 0.3 is 6.03 Å². The number of nitrogens with one attached hydrogen (secondary N) is 2. The van der Waals surface area contributed by atoms with Crippen molar-refractivity contribution in [2.75, 3.05) is 5.32 Å². The molecule has 2 amide bonds. The van der Waals surface area contributed by atoms with Gasteiger partial charge in [0.1, 0.15) is 22.4 Å². The highest BCUT2D eigenvalue weighted by molar-refractivity contribution is 7.95. The highest BCUT2D eigenvalue weighted by atomic mass is 32.2. The number of nitrogens with zero attached hydrogens (tertiary/aromatic N) is 2. The molecule has 10 heteroatoms. The van der Waals surface area contributed by atoms with Gasteiger partial charge in [-0.1, -0.05) is 33.9 Å². The number of anilines is 1. The number of amides is 2. The van der Waals surface area contributed by atoms with E-state index in [-0.39, 0.29) is 5.04 Å². The fourth-order valence-corrected chi connectivity index (χ4v) is 10.4. The van der Waals surface area contributed by atoms with Crippen molar-refractivity contribution in [2.45, 2.75) is 83.3 Å². The number of urea groups is 1. The van der Waals surface area contributed by atoms with Gasteiger partial charge in [-0.2, -0.15) is 0 Å². The lowest BCUT2D eigenvalue weighted by Gasteiger charge is -2.37. The Morgan fingerprint density at radius 1 is 1.09 bits per heavy atom. The zero-order valence-corrected chi connectivity index (χ0v) is 23.3. The molecule has 0 saturated heterocycles. The maximum Gasteiger partial charge on any atom is 0.354 e. The van der Waals surface area contributed by atoms with Crippen LogP contribution in [0, 0.1) is 20.8 Å². The molecule has 0 radical (unpaired) electrons. The van der Waals surface area contributed by atoms with Crippen LogP contribution >= 0.6 is 11.3 Å². The van der Waals surface area contributed by atoms with E-state index in [4.69, 9.17) is 0 Å². The zero-order valence-electron chi connectivity index (χ0n) is 20.7. The van der Waals surface area contributed by atoms with Crippen molar-refractivity contribution in [1.29, 1.82) is 0 Å². The summed E-state index contributed by atoms with van der Waals surface area (Å²) >= 11 is 1.23. The summed E-state index contributed by atoms with van der Waals surface area (Å²) in [4.78, 5) is 17.9. The van der Waals surface area contributed by atoms with Gasteiger partial charge in [-0.25, -0.2) is 13.4 Å². The zero-order chi connectivity index (χ0) is 24.7. The number of thiophene rings is 1. The molecule has 3 N–H and O–H groups in total. The molecule has 2 aromatic heterocycles. The molecular formula is C22H36N4O3S2Si. The smallest absolute Gasteiger partial charge is 0.354 e. The summed E-state index contributed by atoms with van der Waals surface area (Å²) in [7, 11) is -5.61. The molecule has 0 bridgehead atoms. The van der Waals surface area contributed by atoms with E-state index < -0.39 is 29.8 Å². The van der Waals surface area contributed by atoms with Crippen LogP contribution in [0.15, 0.2) is 26.8 Å². The molecule has 178 valence electrons. The number of carbonyl (C=O) groups is 1. The van der Waals surface area contributed by atoms with E-state index in [2.05, 4.69) is 52.9 Å². The first-order chi connectivity index (χ1) is 14.3. The molecule has 2 aromatic rings. The van der Waals surface area contributed by atoms with Crippen molar-refractivity contribution in [1.82, 2.24) is 9.37 Å². The van der Waals surface area contributed by atoms with Gasteiger partial charge in [0.25, 0.3) is 0 Å². The summed E-state index contributed by atoms with van der Waals surface area (Å²) < 4.78 is 22.2. The van der Waals surface area contributed by atoms with E-state index in [1.165, 1.54) is 11.3 Å². The molecule has 0 aliphatic rings. The van der Waals surface area contributed by atoms with Crippen LogP contribution in [0.5, 0.6) is 0 Å². The first kappa shape index (κ1) is 26.7. The van der Waals surface area contributed by atoms with E-state index >= 15 is 0 Å². The number of aryl methyl sites for hydroxylation is 3. The van der Waals surface area contributed by atoms with Gasteiger partial charge in [0.2, 0.25) is 0 Å². The largest absolute Gasteiger partial charge is 0.385 e. The van der Waals surface area contributed by atoms with Crippen LogP contribution in [0.4, 0.5) is 10.5 Å². The lowest BCUT2D eigenvalue weighted by molar-refractivity contribution is 0.0819. The molecule has 0 fully saturated rings. The second-order valence-corrected chi connectivity index (χ2v) is 18.9. The fraction of sp³-hybridized carbons (Fsp3) is 0.545. The van der Waals surface area contributed by atoms with Crippen LogP contribution in [0.25, 0.3) is 0 Å². The third-order valence-electron chi connectivity index (χ3n) is 5.54. The Morgan fingerprint density at radius 2 is 1.62 bits per heavy atom. The maximum absolute atomic E-state index is 14.3. The van der Waals surface area contributed by atoms with Crippen LogP contribution < -0.4 is 9.70 Å². The molecule has 0 aromatic carbocycles. The normalized spacial score (nSPS) is 14.7. The standard InChI is InChI=1S/C22H36N4O3S2Si/c1-14-11-18(30-19(14)22(7,8)28)31(29,26-32(9,10)21(4,5)6)25-20(27)24-17-12-15(2)23-16(3)13-17/h11-13,28H,1-10H3,(H2,23,24,25,26,27,29). The number of pyridine rings is 1. The Bertz CT molecular complexity index is 1110. The van der Waals surface area contributed by atoms with Crippen molar-refractivity contribution >= 4 is 41.2 Å². The summed E-state index contributed by atoms with van der Waals surface area (Å²) in [6.45, 7) is 19.4. The lowest BCUT2D eigenvalue weighted by atomic mass is 10.1. The lowest BCUT2D eigenvalue weighted by Crippen LogP contribution is -2.54. The minimum atomic E-state index is -3.29. The molecule has 32 heavy (non-hydrogen) atoms. The van der Waals surface area contributed by atoms with E-state index in [0.29, 0.717) is 14.8 Å². The van der Waals surface area contributed by atoms with Crippen molar-refractivity contribution in [2.24, 2.45) is 4.36 Å². The topological polar surface area (TPSA) is 104 Å². The van der Waals surface area contributed by atoms with Crippen LogP contribution in [0.3, 0.4) is 0 Å². The fourth-order valence-electron chi connectivity index (χ4n) is 2.98. The molecule has 0 aliphatic heterocycles. The molecule has 1 atom stereocenters. The summed E-state index contributed by atoms with van der Waals surface area (Å²) in [5.74, 6) is 0. The molecule has 0 aliphatic carbocycles. The van der Waals surface area contributed by atoms with Crippen molar-refractivity contribution < 1.29 is 14.1 Å². The predicted molar refractivity (Wildman–Crippen MR) is 136 cm³/mol. The number of rotatable bonds is 5. The molecule has 0 saturated carbocycles. The minimum Gasteiger partial charge on any atom is -0.385 e. The van der Waals surface area contributed by atoms with Gasteiger partial charge in [0.05, 0.1) is 5.60 Å². The third kappa shape index (κ3) is 6.25. The van der Waals surface area contributed by atoms with Crippen molar-refractivity contribution in [3.63, 3.8) is 0 Å². The molecular weight excluding hydrogens is 460 g/mol. The highest BCUT2D eigenvalue weighted by Crippen LogP contribution is 2.38. The SMILES string of the molecule is Cc1cc(NC(=O)N=S(=O)(N[Si](C)(C)C(C)(C)C)c2cc(C)c(C(C)(C)O)s2)cc(C)n1. The number of aromatic nitrogens is 1. The molecule has 0 spiro atoms. The van der Waals surface area contributed by atoms with Crippen molar-refractivity contribution in [3.05, 3.63) is 40.0 Å². The summed E-state index contributed by atoms with van der Waals surface area (Å²) in [5, 5.41) is 13.1. The van der Waals surface area contributed by atoms with Gasteiger partial charge < -0.3 is 10.4 Å². The summed E-state index contributed by atoms with van der Waals surface area (Å²) in [6.07, 6.45) is 0. The van der Waals surface area contributed by atoms with Crippen molar-refractivity contribution in [3.8, 4) is 0 Å². The van der Waals surface area contributed by atoms with Gasteiger partial charge in [0, 0.05) is 22.0 Å². The Morgan fingerprint density at radius 3 is 2.06 bits per heavy atom. The van der Waals surface area contributed by atoms with Gasteiger partial charge in [-0.15, -0.1) is 15.7 Å². The Kier molecular flexibility index (Phi) is 7.48. The van der Waals surface area contributed by atoms with Crippen LogP contribution in [-0.2, 0) is 15.5 Å². The summed E-state index contributed by atoms with van der Waals surface area (Å²) in [6, 6.07) is 4.55. The van der Waals surface area contributed by atoms with E-state index in [1.807, 2.05) is 20.8 Å². The highest BCUT2D eigenvalue weighted by Gasteiger charge is 2.40. The average Bonchev–Trinajstić information content (AvgIpc) is 2.94. The minimum absolute atomic E-state index is 0.133. The number of carbonyl (C=O) groups excluding carboxylic acids is 1. The van der Waals surface area contributed by atoms with E-state index in [9.17, 15) is 14.1 Å². The molecule has 2 rings (SSSR count). The van der Waals surface area contributed by atoms with E-state index in [0.717, 1.165) is 17.0 Å². The van der Waals surface area contributed by atoms with Crippen LogP contribution in [0.2, 0.25) is 18.1 Å². The Balaban J connectivity index is 2.60. The van der Waals surface area contributed by atoms with E-state index in [1.54, 1.807) is 32.0 Å². The monoisotopic (exact) mass is 496 g/mol. The number of hydrogen-bond donors (Lipinski definition) is 3. The van der Waals surface area contributed by atoms with Gasteiger partial charge in [-0.3, -0.25) is 4.98 Å². The average molecular weight is 497 g/mol. The first-order valence-corrected chi connectivity index (χ1v) is 15.8. The van der Waals surface area contributed by atoms with Gasteiger partial charge in [-0.05, 0) is 63.4 Å². The Labute approximate surface area is 197 Å². The molecule has 2 heterocycles. The first-order valence-electron chi connectivity index (χ1n) is 10.5. The number of aliphatic hydroxyl groups is 1. The molecule has 1 unspecified atom stereocenters. The Hall–Kier alpha value is -1.59. The predicted octanol–water partition coefficient (Wildman–Crippen LogP) is 5.86. The van der Waals surface area contributed by atoms with Gasteiger partial charge in [0.15, 0.2) is 0 Å². The summed E-state index contributed by atoms with van der Waals surface area (Å²) in [5.41, 5.74) is 1.82. The second-order valence-electron chi connectivity index (χ2n) is 10.3. The second kappa shape index (κ2) is 8.98. The maximum atomic E-state index is 14.3. The quantitative estimate of drug-likeness (QED) is 0.451. The number of hydrogen-bond acceptors (Lipinski definition) is 5. The molecule has 7 nitrogen and oxygen atoms in total. The third-order valence-corrected chi connectivity index (χ3v) is 15.8.